The number of benzene rings is 1. The zero-order valence-electron chi connectivity index (χ0n) is 13.6. The van der Waals surface area contributed by atoms with Gasteiger partial charge in [0.25, 0.3) is 0 Å². The first-order valence-corrected chi connectivity index (χ1v) is 7.55. The van der Waals surface area contributed by atoms with Crippen molar-refractivity contribution < 1.29 is 4.74 Å². The van der Waals surface area contributed by atoms with Crippen molar-refractivity contribution >= 4 is 0 Å². The molecule has 0 bridgehead atoms. The summed E-state index contributed by atoms with van der Waals surface area (Å²) >= 11 is 0. The Morgan fingerprint density at radius 2 is 2.00 bits per heavy atom. The molecule has 1 aromatic carbocycles. The molecule has 1 aromatic rings. The maximum Gasteiger partial charge on any atom is 0.0589 e. The van der Waals surface area contributed by atoms with Crippen LogP contribution < -0.4 is 5.32 Å². The van der Waals surface area contributed by atoms with Gasteiger partial charge in [-0.25, -0.2) is 0 Å². The third-order valence-corrected chi connectivity index (χ3v) is 3.81. The lowest BCUT2D eigenvalue weighted by atomic mass is 10.0. The van der Waals surface area contributed by atoms with Crippen LogP contribution in [0.1, 0.15) is 37.4 Å². The van der Waals surface area contributed by atoms with Gasteiger partial charge in [-0.1, -0.05) is 29.8 Å². The van der Waals surface area contributed by atoms with Gasteiger partial charge in [0.1, 0.15) is 0 Å². The largest absolute Gasteiger partial charge is 0.383 e. The number of hydrogen-bond donors (Lipinski definition) is 1. The Labute approximate surface area is 124 Å². The molecule has 0 amide bonds. The Kier molecular flexibility index (Phi) is 7.82. The molecule has 3 nitrogen and oxygen atoms in total. The van der Waals surface area contributed by atoms with Crippen LogP contribution >= 0.6 is 0 Å². The monoisotopic (exact) mass is 278 g/mol. The Morgan fingerprint density at radius 1 is 1.25 bits per heavy atom. The molecule has 3 heteroatoms. The van der Waals surface area contributed by atoms with Crippen molar-refractivity contribution in [1.29, 1.82) is 0 Å². The van der Waals surface area contributed by atoms with Gasteiger partial charge in [-0.05, 0) is 39.8 Å². The molecule has 1 N–H and O–H groups in total. The van der Waals surface area contributed by atoms with Gasteiger partial charge in [-0.2, -0.15) is 0 Å². The number of methoxy groups -OCH3 is 1. The molecule has 20 heavy (non-hydrogen) atoms. The first kappa shape index (κ1) is 17.2. The van der Waals surface area contributed by atoms with Gasteiger partial charge >= 0.3 is 0 Å². The zero-order valence-corrected chi connectivity index (χ0v) is 13.6. The third-order valence-electron chi connectivity index (χ3n) is 3.81. The lowest BCUT2D eigenvalue weighted by Gasteiger charge is -2.28. The summed E-state index contributed by atoms with van der Waals surface area (Å²) in [5.74, 6) is 0. The number of nitrogens with one attached hydrogen (secondary N) is 1. The van der Waals surface area contributed by atoms with Crippen molar-refractivity contribution in [3.63, 3.8) is 0 Å². The number of nitrogens with zero attached hydrogens (tertiary/aromatic N) is 1. The van der Waals surface area contributed by atoms with Crippen LogP contribution in [0.5, 0.6) is 0 Å². The number of rotatable bonds is 9. The predicted octanol–water partition coefficient (Wildman–Crippen LogP) is 3.00. The minimum atomic E-state index is 0.415. The van der Waals surface area contributed by atoms with Gasteiger partial charge in [-0.3, -0.25) is 4.90 Å². The number of aryl methyl sites for hydroxylation is 1. The van der Waals surface area contributed by atoms with Crippen LogP contribution in [0.25, 0.3) is 0 Å². The molecule has 0 heterocycles. The molecule has 0 saturated carbocycles. The molecular weight excluding hydrogens is 248 g/mol. The van der Waals surface area contributed by atoms with E-state index in [0.717, 1.165) is 26.1 Å². The van der Waals surface area contributed by atoms with E-state index in [2.05, 4.69) is 55.3 Å². The van der Waals surface area contributed by atoms with E-state index in [9.17, 15) is 0 Å². The maximum absolute atomic E-state index is 5.20. The van der Waals surface area contributed by atoms with E-state index in [1.54, 1.807) is 7.11 Å². The first-order chi connectivity index (χ1) is 9.58. The molecule has 0 radical (unpaired) electrons. The summed E-state index contributed by atoms with van der Waals surface area (Å²) in [5.41, 5.74) is 2.70. The summed E-state index contributed by atoms with van der Waals surface area (Å²) in [4.78, 5) is 2.48. The highest BCUT2D eigenvalue weighted by molar-refractivity contribution is 5.25. The normalized spacial score (nSPS) is 13.2. The van der Waals surface area contributed by atoms with Crippen molar-refractivity contribution in [2.24, 2.45) is 0 Å². The molecule has 0 spiro atoms. The van der Waals surface area contributed by atoms with Crippen molar-refractivity contribution in [2.45, 2.75) is 39.3 Å². The molecule has 114 valence electrons. The van der Waals surface area contributed by atoms with Gasteiger partial charge < -0.3 is 10.1 Å². The highest BCUT2D eigenvalue weighted by atomic mass is 16.5. The van der Waals surface area contributed by atoms with Crippen molar-refractivity contribution in [3.8, 4) is 0 Å². The number of hydrogen-bond acceptors (Lipinski definition) is 3. The average Bonchev–Trinajstić information content (AvgIpc) is 2.42. The summed E-state index contributed by atoms with van der Waals surface area (Å²) < 4.78 is 5.20. The van der Waals surface area contributed by atoms with Crippen LogP contribution in [0.3, 0.4) is 0 Å². The van der Waals surface area contributed by atoms with E-state index in [1.807, 2.05) is 7.05 Å². The Morgan fingerprint density at radius 3 is 2.55 bits per heavy atom. The molecule has 0 aliphatic rings. The molecule has 0 aliphatic heterocycles. The summed E-state index contributed by atoms with van der Waals surface area (Å²) in [5, 5.41) is 3.44. The second-order valence-electron chi connectivity index (χ2n) is 5.67. The fraction of sp³-hybridized carbons (Fsp3) is 0.647. The van der Waals surface area contributed by atoms with E-state index < -0.39 is 0 Å². The van der Waals surface area contributed by atoms with Crippen LogP contribution in [-0.2, 0) is 4.74 Å². The van der Waals surface area contributed by atoms with Crippen LogP contribution in [0.4, 0.5) is 0 Å². The second kappa shape index (κ2) is 9.11. The fourth-order valence-corrected chi connectivity index (χ4v) is 2.50. The molecular formula is C17H30N2O. The molecule has 1 unspecified atom stereocenters. The smallest absolute Gasteiger partial charge is 0.0589 e. The van der Waals surface area contributed by atoms with Crippen molar-refractivity contribution in [1.82, 2.24) is 10.2 Å². The second-order valence-corrected chi connectivity index (χ2v) is 5.67. The van der Waals surface area contributed by atoms with Gasteiger partial charge in [-0.15, -0.1) is 0 Å². The van der Waals surface area contributed by atoms with E-state index in [4.69, 9.17) is 4.74 Å². The lowest BCUT2D eigenvalue weighted by molar-refractivity contribution is 0.126. The van der Waals surface area contributed by atoms with Crippen molar-refractivity contribution in [3.05, 3.63) is 35.4 Å². The van der Waals surface area contributed by atoms with E-state index in [-0.39, 0.29) is 0 Å². The van der Waals surface area contributed by atoms with Crippen molar-refractivity contribution in [2.75, 3.05) is 33.9 Å². The Hall–Kier alpha value is -0.900. The average molecular weight is 278 g/mol. The standard InChI is InChI=1S/C17H30N2O/c1-14(2)19(11-12-20-5)10-9-17(18-4)16-8-6-7-15(3)13-16/h6-8,13-14,17-18H,9-12H2,1-5H3. The van der Waals surface area contributed by atoms with Crippen LogP contribution in [-0.4, -0.2) is 44.8 Å². The molecule has 1 atom stereocenters. The molecule has 0 aliphatic carbocycles. The third kappa shape index (κ3) is 5.61. The van der Waals surface area contributed by atoms with E-state index in [1.165, 1.54) is 11.1 Å². The predicted molar refractivity (Wildman–Crippen MR) is 86.2 cm³/mol. The summed E-state index contributed by atoms with van der Waals surface area (Å²) in [6, 6.07) is 9.74. The first-order valence-electron chi connectivity index (χ1n) is 7.55. The lowest BCUT2D eigenvalue weighted by Crippen LogP contribution is -2.36. The number of ether oxygens (including phenoxy) is 1. The minimum Gasteiger partial charge on any atom is -0.383 e. The summed E-state index contributed by atoms with van der Waals surface area (Å²) in [6.07, 6.45) is 1.11. The fourth-order valence-electron chi connectivity index (χ4n) is 2.50. The highest BCUT2D eigenvalue weighted by Crippen LogP contribution is 2.18. The molecule has 0 saturated heterocycles. The van der Waals surface area contributed by atoms with Gasteiger partial charge in [0, 0.05) is 32.3 Å². The summed E-state index contributed by atoms with van der Waals surface area (Å²) in [7, 11) is 3.81. The van der Waals surface area contributed by atoms with Gasteiger partial charge in [0.15, 0.2) is 0 Å². The Balaban J connectivity index is 2.59. The van der Waals surface area contributed by atoms with Gasteiger partial charge in [0.05, 0.1) is 6.61 Å². The van der Waals surface area contributed by atoms with Crippen LogP contribution in [0.15, 0.2) is 24.3 Å². The molecule has 0 aromatic heterocycles. The topological polar surface area (TPSA) is 24.5 Å². The minimum absolute atomic E-state index is 0.415. The van der Waals surface area contributed by atoms with E-state index in [0.29, 0.717) is 12.1 Å². The highest BCUT2D eigenvalue weighted by Gasteiger charge is 2.14. The summed E-state index contributed by atoms with van der Waals surface area (Å²) in [6.45, 7) is 9.52. The van der Waals surface area contributed by atoms with E-state index >= 15 is 0 Å². The zero-order chi connectivity index (χ0) is 15.0. The van der Waals surface area contributed by atoms with Crippen LogP contribution in [0, 0.1) is 6.92 Å². The Bertz CT molecular complexity index is 379. The molecule has 0 fully saturated rings. The van der Waals surface area contributed by atoms with Crippen LogP contribution in [0.2, 0.25) is 0 Å². The maximum atomic E-state index is 5.20. The SMILES string of the molecule is CNC(CCN(CCOC)C(C)C)c1cccc(C)c1. The van der Waals surface area contributed by atoms with Gasteiger partial charge in [0.2, 0.25) is 0 Å². The molecule has 1 rings (SSSR count). The quantitative estimate of drug-likeness (QED) is 0.751.